The van der Waals surface area contributed by atoms with E-state index in [0.29, 0.717) is 18.7 Å². The molecular weight excluding hydrogens is 311 g/mol. The molecule has 2 atom stereocenters. The summed E-state index contributed by atoms with van der Waals surface area (Å²) in [6, 6.07) is 5.28. The van der Waals surface area contributed by atoms with Gasteiger partial charge in [-0.05, 0) is 38.7 Å². The molecule has 0 saturated carbocycles. The molecule has 5 heteroatoms. The fourth-order valence-corrected chi connectivity index (χ4v) is 3.05. The third-order valence-corrected chi connectivity index (χ3v) is 3.96. The Kier molecular flexibility index (Phi) is 4.95. The van der Waals surface area contributed by atoms with Crippen LogP contribution < -0.4 is 0 Å². The van der Waals surface area contributed by atoms with Gasteiger partial charge >= 0.3 is 0 Å². The van der Waals surface area contributed by atoms with E-state index in [4.69, 9.17) is 0 Å². The normalized spacial score (nSPS) is 24.3. The standard InChI is InChI=1S/C14H20BrFN2O/c1-17(2)8-12-6-13(19)9-18(12)7-10-5-11(15)3-4-14(10)16/h3-5,12-13,19H,6-9H2,1-2H3. The molecule has 1 aromatic carbocycles. The lowest BCUT2D eigenvalue weighted by molar-refractivity contribution is 0.168. The number of likely N-dealkylation sites (N-methyl/N-ethyl adjacent to an activating group) is 1. The highest BCUT2D eigenvalue weighted by Crippen LogP contribution is 2.23. The molecule has 0 amide bonds. The topological polar surface area (TPSA) is 26.7 Å². The molecule has 0 spiro atoms. The van der Waals surface area contributed by atoms with Crippen LogP contribution in [0.4, 0.5) is 4.39 Å². The van der Waals surface area contributed by atoms with Crippen molar-refractivity contribution in [3.63, 3.8) is 0 Å². The quantitative estimate of drug-likeness (QED) is 0.915. The highest BCUT2D eigenvalue weighted by Gasteiger charge is 2.31. The van der Waals surface area contributed by atoms with E-state index in [9.17, 15) is 9.50 Å². The Morgan fingerprint density at radius 2 is 2.21 bits per heavy atom. The first-order valence-corrected chi connectivity index (χ1v) is 7.26. The number of likely N-dealkylation sites (tertiary alicyclic amines) is 1. The molecule has 0 bridgehead atoms. The first kappa shape index (κ1) is 14.9. The van der Waals surface area contributed by atoms with E-state index in [1.54, 1.807) is 6.07 Å². The summed E-state index contributed by atoms with van der Waals surface area (Å²) in [4.78, 5) is 4.27. The van der Waals surface area contributed by atoms with E-state index < -0.39 is 0 Å². The van der Waals surface area contributed by atoms with Gasteiger partial charge in [0.1, 0.15) is 5.82 Å². The number of hydrogen-bond donors (Lipinski definition) is 1. The Bertz CT molecular complexity index is 441. The van der Waals surface area contributed by atoms with Gasteiger partial charge in [0.25, 0.3) is 0 Å². The van der Waals surface area contributed by atoms with E-state index in [1.807, 2.05) is 20.2 Å². The van der Waals surface area contributed by atoms with Gasteiger partial charge in [-0.1, -0.05) is 15.9 Å². The van der Waals surface area contributed by atoms with Gasteiger partial charge in [0.15, 0.2) is 0 Å². The zero-order valence-corrected chi connectivity index (χ0v) is 12.9. The van der Waals surface area contributed by atoms with Crippen molar-refractivity contribution in [1.82, 2.24) is 9.80 Å². The number of benzene rings is 1. The van der Waals surface area contributed by atoms with Crippen molar-refractivity contribution < 1.29 is 9.50 Å². The van der Waals surface area contributed by atoms with E-state index >= 15 is 0 Å². The summed E-state index contributed by atoms with van der Waals surface area (Å²) in [5.74, 6) is -0.187. The zero-order valence-electron chi connectivity index (χ0n) is 11.3. The van der Waals surface area contributed by atoms with E-state index in [0.717, 1.165) is 17.4 Å². The molecule has 1 heterocycles. The number of rotatable bonds is 4. The molecule has 2 unspecified atom stereocenters. The smallest absolute Gasteiger partial charge is 0.127 e. The van der Waals surface area contributed by atoms with Crippen molar-refractivity contribution in [2.24, 2.45) is 0 Å². The minimum absolute atomic E-state index is 0.187. The number of nitrogens with zero attached hydrogens (tertiary/aromatic N) is 2. The van der Waals surface area contributed by atoms with Gasteiger partial charge in [0, 0.05) is 35.7 Å². The summed E-state index contributed by atoms with van der Waals surface area (Å²) in [6.07, 6.45) is 0.452. The van der Waals surface area contributed by atoms with Crippen molar-refractivity contribution >= 4 is 15.9 Å². The molecule has 19 heavy (non-hydrogen) atoms. The SMILES string of the molecule is CN(C)CC1CC(O)CN1Cc1cc(Br)ccc1F. The molecule has 1 aliphatic heterocycles. The Labute approximate surface area is 122 Å². The van der Waals surface area contributed by atoms with Crippen molar-refractivity contribution in [3.05, 3.63) is 34.1 Å². The van der Waals surface area contributed by atoms with Crippen molar-refractivity contribution in [3.8, 4) is 0 Å². The first-order chi connectivity index (χ1) is 8.95. The summed E-state index contributed by atoms with van der Waals surface area (Å²) in [5, 5.41) is 9.82. The molecule has 1 N–H and O–H groups in total. The third-order valence-electron chi connectivity index (χ3n) is 3.46. The summed E-state index contributed by atoms with van der Waals surface area (Å²) in [5.41, 5.74) is 0.673. The minimum atomic E-state index is -0.305. The van der Waals surface area contributed by atoms with Crippen molar-refractivity contribution in [2.75, 3.05) is 27.2 Å². The summed E-state index contributed by atoms with van der Waals surface area (Å²) >= 11 is 3.37. The Morgan fingerprint density at radius 1 is 1.47 bits per heavy atom. The van der Waals surface area contributed by atoms with Gasteiger partial charge in [-0.3, -0.25) is 4.90 Å². The van der Waals surface area contributed by atoms with Crippen molar-refractivity contribution in [1.29, 1.82) is 0 Å². The minimum Gasteiger partial charge on any atom is -0.392 e. The van der Waals surface area contributed by atoms with Crippen LogP contribution in [0, 0.1) is 5.82 Å². The predicted molar refractivity (Wildman–Crippen MR) is 77.5 cm³/mol. The van der Waals surface area contributed by atoms with Gasteiger partial charge in [0.05, 0.1) is 6.10 Å². The van der Waals surface area contributed by atoms with Crippen LogP contribution in [0.3, 0.4) is 0 Å². The van der Waals surface area contributed by atoms with Gasteiger partial charge in [-0.15, -0.1) is 0 Å². The highest BCUT2D eigenvalue weighted by atomic mass is 79.9. The van der Waals surface area contributed by atoms with Crippen LogP contribution in [0.25, 0.3) is 0 Å². The van der Waals surface area contributed by atoms with Crippen LogP contribution in [0.2, 0.25) is 0 Å². The molecule has 3 nitrogen and oxygen atoms in total. The fraction of sp³-hybridized carbons (Fsp3) is 0.571. The lowest BCUT2D eigenvalue weighted by Crippen LogP contribution is -2.37. The van der Waals surface area contributed by atoms with E-state index in [2.05, 4.69) is 25.7 Å². The molecule has 1 aromatic rings. The second-order valence-electron chi connectivity index (χ2n) is 5.47. The number of halogens is 2. The van der Waals surface area contributed by atoms with Crippen LogP contribution in [0.15, 0.2) is 22.7 Å². The van der Waals surface area contributed by atoms with Crippen LogP contribution in [0.5, 0.6) is 0 Å². The van der Waals surface area contributed by atoms with Gasteiger partial charge in [-0.2, -0.15) is 0 Å². The number of β-amino-alcohol motifs (C(OH)–C–C–N with tert-alkyl or cyclic N) is 1. The molecular formula is C14H20BrFN2O. The first-order valence-electron chi connectivity index (χ1n) is 6.46. The number of hydrogen-bond acceptors (Lipinski definition) is 3. The maximum atomic E-state index is 13.8. The average Bonchev–Trinajstić information content (AvgIpc) is 2.63. The monoisotopic (exact) mass is 330 g/mol. The van der Waals surface area contributed by atoms with Crippen LogP contribution >= 0.6 is 15.9 Å². The summed E-state index contributed by atoms with van der Waals surface area (Å²) < 4.78 is 14.7. The Hall–Kier alpha value is -0.490. The van der Waals surface area contributed by atoms with E-state index in [-0.39, 0.29) is 18.0 Å². The molecule has 1 fully saturated rings. The second kappa shape index (κ2) is 6.31. The lowest BCUT2D eigenvalue weighted by Gasteiger charge is -2.26. The second-order valence-corrected chi connectivity index (χ2v) is 6.39. The van der Waals surface area contributed by atoms with Crippen LogP contribution in [0.1, 0.15) is 12.0 Å². The molecule has 2 rings (SSSR count). The molecule has 106 valence electrons. The van der Waals surface area contributed by atoms with Gasteiger partial charge < -0.3 is 10.0 Å². The molecule has 1 aliphatic rings. The Balaban J connectivity index is 2.09. The predicted octanol–water partition coefficient (Wildman–Crippen LogP) is 2.08. The average molecular weight is 331 g/mol. The van der Waals surface area contributed by atoms with Crippen molar-refractivity contribution in [2.45, 2.75) is 25.1 Å². The maximum Gasteiger partial charge on any atom is 0.127 e. The van der Waals surface area contributed by atoms with Crippen LogP contribution in [-0.4, -0.2) is 54.2 Å². The lowest BCUT2D eigenvalue weighted by atomic mass is 10.1. The van der Waals surface area contributed by atoms with Gasteiger partial charge in [0.2, 0.25) is 0 Å². The molecule has 0 radical (unpaired) electrons. The molecule has 0 aliphatic carbocycles. The highest BCUT2D eigenvalue weighted by molar-refractivity contribution is 9.10. The number of aliphatic hydroxyl groups excluding tert-OH is 1. The molecule has 1 saturated heterocycles. The fourth-order valence-electron chi connectivity index (χ4n) is 2.65. The van der Waals surface area contributed by atoms with Crippen LogP contribution in [-0.2, 0) is 6.54 Å². The summed E-state index contributed by atoms with van der Waals surface area (Å²) in [6.45, 7) is 2.04. The summed E-state index contributed by atoms with van der Waals surface area (Å²) in [7, 11) is 4.03. The van der Waals surface area contributed by atoms with Gasteiger partial charge in [-0.25, -0.2) is 4.39 Å². The maximum absolute atomic E-state index is 13.8. The molecule has 0 aromatic heterocycles. The third kappa shape index (κ3) is 3.99. The largest absolute Gasteiger partial charge is 0.392 e. The number of aliphatic hydroxyl groups is 1. The Morgan fingerprint density at radius 3 is 2.89 bits per heavy atom. The van der Waals surface area contributed by atoms with E-state index in [1.165, 1.54) is 6.07 Å². The zero-order chi connectivity index (χ0) is 14.0.